The molecule has 0 spiro atoms. The van der Waals surface area contributed by atoms with Crippen LogP contribution in [0.4, 0.5) is 11.5 Å². The van der Waals surface area contributed by atoms with Gasteiger partial charge in [-0.05, 0) is 43.7 Å². The zero-order valence-electron chi connectivity index (χ0n) is 17.7. The van der Waals surface area contributed by atoms with Crippen LogP contribution in [0.1, 0.15) is 13.3 Å². The molecule has 2 heterocycles. The highest BCUT2D eigenvalue weighted by Crippen LogP contribution is 2.34. The minimum atomic E-state index is -0.337. The Morgan fingerprint density at radius 2 is 1.68 bits per heavy atom. The quantitative estimate of drug-likeness (QED) is 0.572. The minimum Gasteiger partial charge on any atom is -0.493 e. The number of nitrogens with one attached hydrogen (secondary N) is 1. The third-order valence-corrected chi connectivity index (χ3v) is 4.82. The molecule has 1 aliphatic heterocycles. The van der Waals surface area contributed by atoms with Crippen LogP contribution in [0.25, 0.3) is 10.9 Å². The molecule has 1 saturated heterocycles. The average Bonchev–Trinajstić information content (AvgIpc) is 2.80. The van der Waals surface area contributed by atoms with E-state index in [-0.39, 0.29) is 24.8 Å². The molecule has 1 N–H and O–H groups in total. The molecule has 166 valence electrons. The molecule has 1 atom stereocenters. The van der Waals surface area contributed by atoms with Gasteiger partial charge < -0.3 is 29.0 Å². The maximum absolute atomic E-state index is 5.95. The lowest BCUT2D eigenvalue weighted by molar-refractivity contribution is -0.213. The van der Waals surface area contributed by atoms with Gasteiger partial charge in [-0.15, -0.1) is 12.4 Å². The van der Waals surface area contributed by atoms with Crippen molar-refractivity contribution in [2.24, 2.45) is 0 Å². The van der Waals surface area contributed by atoms with E-state index in [0.717, 1.165) is 28.8 Å². The number of hydrogen-bond acceptors (Lipinski definition) is 8. The molecule has 3 aromatic rings. The van der Waals surface area contributed by atoms with Crippen LogP contribution in [0.3, 0.4) is 0 Å². The molecule has 9 heteroatoms. The Kier molecular flexibility index (Phi) is 7.73. The largest absolute Gasteiger partial charge is 0.493 e. The second-order valence-corrected chi connectivity index (χ2v) is 6.88. The van der Waals surface area contributed by atoms with Gasteiger partial charge in [-0.1, -0.05) is 0 Å². The smallest absolute Gasteiger partial charge is 0.194 e. The Morgan fingerprint density at radius 1 is 1.00 bits per heavy atom. The first-order valence-corrected chi connectivity index (χ1v) is 9.81. The molecule has 1 aromatic heterocycles. The van der Waals surface area contributed by atoms with Crippen LogP contribution in [-0.4, -0.2) is 49.8 Å². The van der Waals surface area contributed by atoms with E-state index in [0.29, 0.717) is 30.5 Å². The highest BCUT2D eigenvalue weighted by atomic mass is 35.5. The van der Waals surface area contributed by atoms with Gasteiger partial charge in [-0.2, -0.15) is 0 Å². The number of nitrogens with zero attached hydrogens (tertiary/aromatic N) is 2. The summed E-state index contributed by atoms with van der Waals surface area (Å²) in [7, 11) is 3.20. The van der Waals surface area contributed by atoms with Crippen LogP contribution in [0.15, 0.2) is 42.7 Å². The third-order valence-electron chi connectivity index (χ3n) is 4.82. The van der Waals surface area contributed by atoms with Gasteiger partial charge in [0.2, 0.25) is 0 Å². The second-order valence-electron chi connectivity index (χ2n) is 6.88. The molecule has 1 unspecified atom stereocenters. The molecular formula is C22H26ClN3O5. The molecule has 1 fully saturated rings. The van der Waals surface area contributed by atoms with Crippen molar-refractivity contribution < 1.29 is 23.7 Å². The van der Waals surface area contributed by atoms with E-state index < -0.39 is 0 Å². The summed E-state index contributed by atoms with van der Waals surface area (Å²) in [6.45, 7) is 3.34. The van der Waals surface area contributed by atoms with Crippen molar-refractivity contribution in [1.29, 1.82) is 0 Å². The van der Waals surface area contributed by atoms with Gasteiger partial charge in [0.05, 0.1) is 33.0 Å². The summed E-state index contributed by atoms with van der Waals surface area (Å²) in [5, 5.41) is 4.16. The third kappa shape index (κ3) is 5.28. The van der Waals surface area contributed by atoms with E-state index in [9.17, 15) is 0 Å². The Bertz CT molecular complexity index is 996. The number of hydrogen-bond donors (Lipinski definition) is 1. The van der Waals surface area contributed by atoms with E-state index in [1.165, 1.54) is 6.33 Å². The van der Waals surface area contributed by atoms with E-state index in [2.05, 4.69) is 15.3 Å². The average molecular weight is 448 g/mol. The molecule has 1 aliphatic rings. The predicted molar refractivity (Wildman–Crippen MR) is 120 cm³/mol. The van der Waals surface area contributed by atoms with E-state index >= 15 is 0 Å². The first kappa shape index (κ1) is 22.9. The second kappa shape index (κ2) is 10.5. The van der Waals surface area contributed by atoms with Gasteiger partial charge in [0.25, 0.3) is 0 Å². The van der Waals surface area contributed by atoms with E-state index in [1.807, 2.05) is 43.3 Å². The fourth-order valence-electron chi connectivity index (χ4n) is 3.28. The summed E-state index contributed by atoms with van der Waals surface area (Å²) in [6.07, 6.45) is 1.90. The van der Waals surface area contributed by atoms with Gasteiger partial charge in [-0.3, -0.25) is 0 Å². The van der Waals surface area contributed by atoms with Crippen LogP contribution in [0.2, 0.25) is 0 Å². The molecule has 2 aromatic carbocycles. The van der Waals surface area contributed by atoms with Crippen LogP contribution >= 0.6 is 12.4 Å². The molecule has 0 aliphatic carbocycles. The highest BCUT2D eigenvalue weighted by Gasteiger charge is 2.23. The number of fused-ring (bicyclic) bond motifs is 1. The minimum absolute atomic E-state index is 0. The van der Waals surface area contributed by atoms with Gasteiger partial charge in [0, 0.05) is 17.1 Å². The fourth-order valence-corrected chi connectivity index (χ4v) is 3.28. The molecule has 8 nitrogen and oxygen atoms in total. The summed E-state index contributed by atoms with van der Waals surface area (Å²) in [5.74, 6) is 2.65. The van der Waals surface area contributed by atoms with E-state index in [1.54, 1.807) is 14.2 Å². The van der Waals surface area contributed by atoms with Crippen molar-refractivity contribution in [3.8, 4) is 17.2 Å². The first-order chi connectivity index (χ1) is 14.7. The summed E-state index contributed by atoms with van der Waals surface area (Å²) in [5.41, 5.74) is 1.63. The van der Waals surface area contributed by atoms with Crippen molar-refractivity contribution in [2.75, 3.05) is 32.8 Å². The first-order valence-electron chi connectivity index (χ1n) is 9.81. The molecule has 0 bridgehead atoms. The van der Waals surface area contributed by atoms with Crippen LogP contribution in [0.5, 0.6) is 17.2 Å². The number of halogens is 1. The Labute approximate surface area is 187 Å². The molecule has 4 rings (SSSR count). The zero-order valence-corrected chi connectivity index (χ0v) is 18.5. The number of anilines is 2. The van der Waals surface area contributed by atoms with Gasteiger partial charge in [0.1, 0.15) is 24.0 Å². The fraction of sp³-hybridized carbons (Fsp3) is 0.364. The normalized spacial score (nSPS) is 15.1. The molecule has 31 heavy (non-hydrogen) atoms. The number of aromatic nitrogens is 2. The number of methoxy groups -OCH3 is 2. The number of benzene rings is 2. The maximum Gasteiger partial charge on any atom is 0.194 e. The SMILES string of the molecule is COc1cc2ncnc(Nc3ccc(OC(C)C4OCCCO4)cc3)c2cc1OC.Cl. The van der Waals surface area contributed by atoms with Crippen molar-refractivity contribution in [3.63, 3.8) is 0 Å². The van der Waals surface area contributed by atoms with Gasteiger partial charge >= 0.3 is 0 Å². The van der Waals surface area contributed by atoms with Crippen LogP contribution in [0, 0.1) is 0 Å². The standard InChI is InChI=1S/C22H25N3O5.ClH/c1-14(22-28-9-4-10-29-22)30-16-7-5-15(6-8-16)25-21-17-11-19(26-2)20(27-3)12-18(17)23-13-24-21;/h5-8,11-14,22H,4,9-10H2,1-3H3,(H,23,24,25);1H. The molecule has 0 saturated carbocycles. The lowest BCUT2D eigenvalue weighted by Gasteiger charge is -2.28. The molecule has 0 amide bonds. The van der Waals surface area contributed by atoms with Crippen molar-refractivity contribution >= 4 is 34.8 Å². The Morgan fingerprint density at radius 3 is 2.35 bits per heavy atom. The Balaban J connectivity index is 0.00000272. The maximum atomic E-state index is 5.95. The monoisotopic (exact) mass is 447 g/mol. The van der Waals surface area contributed by atoms with Crippen LogP contribution in [-0.2, 0) is 9.47 Å². The predicted octanol–water partition coefficient (Wildman–Crippen LogP) is 4.34. The summed E-state index contributed by atoms with van der Waals surface area (Å²) in [4.78, 5) is 8.71. The lowest BCUT2D eigenvalue weighted by Crippen LogP contribution is -2.37. The summed E-state index contributed by atoms with van der Waals surface area (Å²) in [6, 6.07) is 11.3. The topological polar surface area (TPSA) is 84.0 Å². The number of rotatable bonds is 7. The highest BCUT2D eigenvalue weighted by molar-refractivity contribution is 5.93. The van der Waals surface area contributed by atoms with Crippen molar-refractivity contribution in [3.05, 3.63) is 42.7 Å². The van der Waals surface area contributed by atoms with Crippen molar-refractivity contribution in [2.45, 2.75) is 25.7 Å². The Hall–Kier alpha value is -2.81. The zero-order chi connectivity index (χ0) is 20.9. The van der Waals surface area contributed by atoms with E-state index in [4.69, 9.17) is 23.7 Å². The van der Waals surface area contributed by atoms with Crippen LogP contribution < -0.4 is 19.5 Å². The van der Waals surface area contributed by atoms with Gasteiger partial charge in [-0.25, -0.2) is 9.97 Å². The number of ether oxygens (including phenoxy) is 5. The lowest BCUT2D eigenvalue weighted by atomic mass is 10.2. The summed E-state index contributed by atoms with van der Waals surface area (Å²) < 4.78 is 27.9. The summed E-state index contributed by atoms with van der Waals surface area (Å²) >= 11 is 0. The molecule has 0 radical (unpaired) electrons. The molecular weight excluding hydrogens is 422 g/mol. The van der Waals surface area contributed by atoms with Crippen molar-refractivity contribution in [1.82, 2.24) is 9.97 Å². The van der Waals surface area contributed by atoms with Gasteiger partial charge in [0.15, 0.2) is 17.8 Å².